The zero-order valence-electron chi connectivity index (χ0n) is 10.4. The molecule has 0 N–H and O–H groups in total. The molecule has 0 saturated heterocycles. The number of ether oxygens (including phenoxy) is 1. The van der Waals surface area contributed by atoms with Crippen LogP contribution in [0.1, 0.15) is 0 Å². The predicted octanol–water partition coefficient (Wildman–Crippen LogP) is 3.39. The Morgan fingerprint density at radius 2 is 1.56 bits per heavy atom. The van der Waals surface area contributed by atoms with Crippen LogP contribution >= 0.6 is 0 Å². The third-order valence-corrected chi connectivity index (χ3v) is 8.70. The number of rotatable bonds is 2. The second-order valence-electron chi connectivity index (χ2n) is 5.11. The van der Waals surface area contributed by atoms with Crippen LogP contribution in [0.25, 0.3) is 10.8 Å². The normalized spacial score (nSPS) is 11.8. The standard InChI is InChI=1S/C11H9O.3CH3.Sn/c1-12-11-8-4-6-9-5-2-3-7-10(9)11;;;;/h2-6,8H,1H3;3*1H3;. The molecule has 84 valence electrons. The predicted molar refractivity (Wildman–Crippen MR) is 73.5 cm³/mol. The fraction of sp³-hybridized carbons (Fsp3) is 0.286. The maximum atomic E-state index is 5.50. The first-order valence-corrected chi connectivity index (χ1v) is 15.6. The summed E-state index contributed by atoms with van der Waals surface area (Å²) >= 11 is -2.07. The van der Waals surface area contributed by atoms with E-state index in [0.29, 0.717) is 0 Å². The van der Waals surface area contributed by atoms with Gasteiger partial charge < -0.3 is 0 Å². The van der Waals surface area contributed by atoms with Gasteiger partial charge in [-0.3, -0.25) is 0 Å². The molecule has 0 amide bonds. The fourth-order valence-electron chi connectivity index (χ4n) is 2.10. The van der Waals surface area contributed by atoms with Crippen LogP contribution in [-0.2, 0) is 0 Å². The van der Waals surface area contributed by atoms with E-state index in [1.54, 1.807) is 10.7 Å². The van der Waals surface area contributed by atoms with E-state index < -0.39 is 18.4 Å². The average Bonchev–Trinajstić information content (AvgIpc) is 2.26. The molecule has 0 aliphatic carbocycles. The monoisotopic (exact) mass is 322 g/mol. The quantitative estimate of drug-likeness (QED) is 0.771. The van der Waals surface area contributed by atoms with Crippen LogP contribution in [0.3, 0.4) is 0 Å². The molecular formula is C14H18OSn. The van der Waals surface area contributed by atoms with E-state index in [-0.39, 0.29) is 0 Å². The van der Waals surface area contributed by atoms with Crippen LogP contribution in [0.2, 0.25) is 14.8 Å². The first kappa shape index (κ1) is 11.8. The zero-order chi connectivity index (χ0) is 11.8. The van der Waals surface area contributed by atoms with Gasteiger partial charge in [0, 0.05) is 0 Å². The van der Waals surface area contributed by atoms with E-state index in [9.17, 15) is 0 Å². The van der Waals surface area contributed by atoms with Crippen molar-refractivity contribution in [3.8, 4) is 5.75 Å². The van der Waals surface area contributed by atoms with Crippen molar-refractivity contribution in [3.05, 3.63) is 36.4 Å². The molecule has 0 atom stereocenters. The van der Waals surface area contributed by atoms with Crippen molar-refractivity contribution in [2.24, 2.45) is 0 Å². The summed E-state index contributed by atoms with van der Waals surface area (Å²) in [5, 5.41) is 2.62. The van der Waals surface area contributed by atoms with Gasteiger partial charge in [0.1, 0.15) is 0 Å². The molecule has 16 heavy (non-hydrogen) atoms. The van der Waals surface area contributed by atoms with Gasteiger partial charge in [-0.1, -0.05) is 0 Å². The van der Waals surface area contributed by atoms with Crippen LogP contribution < -0.4 is 8.32 Å². The Morgan fingerprint density at radius 3 is 2.12 bits per heavy atom. The summed E-state index contributed by atoms with van der Waals surface area (Å²) in [7, 11) is 1.75. The van der Waals surface area contributed by atoms with Crippen LogP contribution in [0, 0.1) is 0 Å². The number of hydrogen-bond acceptors (Lipinski definition) is 1. The SMILES string of the molecule is COc1cccc2ccc[c]([Sn]([CH3])([CH3])[CH3])c12. The number of methoxy groups -OCH3 is 1. The molecule has 0 bridgehead atoms. The molecule has 0 saturated carbocycles. The Labute approximate surface area is 101 Å². The van der Waals surface area contributed by atoms with Gasteiger partial charge in [0.25, 0.3) is 0 Å². The number of fused-ring (bicyclic) bond motifs is 1. The van der Waals surface area contributed by atoms with Crippen LogP contribution in [0.5, 0.6) is 5.75 Å². The van der Waals surface area contributed by atoms with E-state index in [0.717, 1.165) is 5.75 Å². The molecule has 2 heteroatoms. The van der Waals surface area contributed by atoms with Crippen molar-refractivity contribution >= 4 is 32.7 Å². The number of hydrogen-bond donors (Lipinski definition) is 0. The van der Waals surface area contributed by atoms with E-state index in [1.807, 2.05) is 0 Å². The maximum absolute atomic E-state index is 5.50. The van der Waals surface area contributed by atoms with Crippen molar-refractivity contribution in [1.29, 1.82) is 0 Å². The molecule has 2 aromatic rings. The molecule has 0 spiro atoms. The molecule has 1 nitrogen and oxygen atoms in total. The summed E-state index contributed by atoms with van der Waals surface area (Å²) < 4.78 is 7.04. The Hall–Kier alpha value is -0.701. The molecule has 0 unspecified atom stereocenters. The van der Waals surface area contributed by atoms with Crippen LogP contribution in [0.4, 0.5) is 0 Å². The molecule has 0 aliphatic heterocycles. The van der Waals surface area contributed by atoms with E-state index in [4.69, 9.17) is 4.74 Å². The van der Waals surface area contributed by atoms with Gasteiger partial charge in [0.15, 0.2) is 0 Å². The van der Waals surface area contributed by atoms with Crippen molar-refractivity contribution in [3.63, 3.8) is 0 Å². The van der Waals surface area contributed by atoms with Crippen molar-refractivity contribution < 1.29 is 4.74 Å². The van der Waals surface area contributed by atoms with Gasteiger partial charge in [0.2, 0.25) is 0 Å². The molecule has 0 radical (unpaired) electrons. The third kappa shape index (κ3) is 2.05. The molecule has 0 aliphatic rings. The van der Waals surface area contributed by atoms with Gasteiger partial charge in [-0.25, -0.2) is 0 Å². The Morgan fingerprint density at radius 1 is 0.938 bits per heavy atom. The number of benzene rings is 2. The van der Waals surface area contributed by atoms with Crippen LogP contribution in [0.15, 0.2) is 36.4 Å². The summed E-state index contributed by atoms with van der Waals surface area (Å²) in [6.07, 6.45) is 0. The van der Waals surface area contributed by atoms with Gasteiger partial charge in [-0.05, 0) is 0 Å². The Bertz CT molecular complexity index is 506. The minimum absolute atomic E-state index is 1.01. The molecule has 0 aromatic heterocycles. The van der Waals surface area contributed by atoms with Gasteiger partial charge in [0.05, 0.1) is 0 Å². The minimum atomic E-state index is -2.07. The molecule has 0 heterocycles. The first-order valence-electron chi connectivity index (χ1n) is 5.60. The summed E-state index contributed by atoms with van der Waals surface area (Å²) in [5.41, 5.74) is 0. The van der Waals surface area contributed by atoms with Gasteiger partial charge in [-0.15, -0.1) is 0 Å². The molecule has 2 aromatic carbocycles. The summed E-state index contributed by atoms with van der Waals surface area (Å²) in [4.78, 5) is 7.32. The topological polar surface area (TPSA) is 9.23 Å². The fourth-order valence-corrected chi connectivity index (χ4v) is 6.71. The van der Waals surface area contributed by atoms with Gasteiger partial charge >= 0.3 is 102 Å². The second-order valence-corrected chi connectivity index (χ2v) is 19.5. The van der Waals surface area contributed by atoms with Crippen molar-refractivity contribution in [2.45, 2.75) is 14.8 Å². The summed E-state index contributed by atoms with van der Waals surface area (Å²) in [6, 6.07) is 12.9. The zero-order valence-corrected chi connectivity index (χ0v) is 13.2. The Kier molecular flexibility index (Phi) is 3.15. The Balaban J connectivity index is 2.84. The molecule has 2 rings (SSSR count). The summed E-state index contributed by atoms with van der Waals surface area (Å²) in [6.45, 7) is 0. The third-order valence-electron chi connectivity index (χ3n) is 2.89. The molecule has 0 fully saturated rings. The molecular weight excluding hydrogens is 303 g/mol. The van der Waals surface area contributed by atoms with Crippen molar-refractivity contribution in [1.82, 2.24) is 0 Å². The van der Waals surface area contributed by atoms with Crippen molar-refractivity contribution in [2.75, 3.05) is 7.11 Å². The van der Waals surface area contributed by atoms with E-state index in [1.165, 1.54) is 10.8 Å². The second kappa shape index (κ2) is 4.28. The van der Waals surface area contributed by atoms with Gasteiger partial charge in [-0.2, -0.15) is 0 Å². The van der Waals surface area contributed by atoms with E-state index >= 15 is 0 Å². The summed E-state index contributed by atoms with van der Waals surface area (Å²) in [5.74, 6) is 1.01. The van der Waals surface area contributed by atoms with E-state index in [2.05, 4.69) is 51.2 Å². The first-order chi connectivity index (χ1) is 7.54. The van der Waals surface area contributed by atoms with Crippen LogP contribution in [-0.4, -0.2) is 25.5 Å². The average molecular weight is 321 g/mol.